The van der Waals surface area contributed by atoms with Gasteiger partial charge in [0.15, 0.2) is 5.17 Å². The van der Waals surface area contributed by atoms with Crippen LogP contribution in [0.3, 0.4) is 0 Å². The third-order valence-electron chi connectivity index (χ3n) is 3.82. The summed E-state index contributed by atoms with van der Waals surface area (Å²) in [5.41, 5.74) is 0.332. The number of rotatable bonds is 6. The minimum Gasteiger partial charge on any atom is -0.282 e. The van der Waals surface area contributed by atoms with Gasteiger partial charge in [-0.05, 0) is 35.5 Å². The fraction of sp³-hybridized carbons (Fsp3) is 0.0526. The molecule has 0 saturated carbocycles. The zero-order valence-corrected chi connectivity index (χ0v) is 16.6. The summed E-state index contributed by atoms with van der Waals surface area (Å²) >= 11 is 0.888. The van der Waals surface area contributed by atoms with E-state index in [1.807, 2.05) is 0 Å². The van der Waals surface area contributed by atoms with Crippen molar-refractivity contribution >= 4 is 44.6 Å². The highest BCUT2D eigenvalue weighted by molar-refractivity contribution is 8.19. The average Bonchev–Trinajstić information content (AvgIpc) is 2.97. The highest BCUT2D eigenvalue weighted by Crippen LogP contribution is 2.34. The molecule has 29 heavy (non-hydrogen) atoms. The lowest BCUT2D eigenvalue weighted by Crippen LogP contribution is -2.29. The van der Waals surface area contributed by atoms with Crippen molar-refractivity contribution in [2.24, 2.45) is 4.40 Å². The van der Waals surface area contributed by atoms with Crippen LogP contribution in [-0.2, 0) is 14.8 Å². The lowest BCUT2D eigenvalue weighted by Gasteiger charge is -2.12. The fourth-order valence-electron chi connectivity index (χ4n) is 2.49. The van der Waals surface area contributed by atoms with Crippen LogP contribution in [0.25, 0.3) is 6.08 Å². The van der Waals surface area contributed by atoms with Crippen molar-refractivity contribution in [1.29, 1.82) is 0 Å². The van der Waals surface area contributed by atoms with Gasteiger partial charge in [-0.15, -0.1) is 11.0 Å². The first-order chi connectivity index (χ1) is 13.8. The van der Waals surface area contributed by atoms with Gasteiger partial charge in [0.25, 0.3) is 21.6 Å². The minimum absolute atomic E-state index is 0.00423. The first-order valence-electron chi connectivity index (χ1n) is 8.28. The maximum absolute atomic E-state index is 12.7. The SMILES string of the molecule is C=CCN1C(=O)/C(=C/c2cccc([N+](=O)[O-])c2)S/C1=N/S(=O)(=O)c1ccccc1. The number of hydrogen-bond acceptors (Lipinski definition) is 6. The third-order valence-corrected chi connectivity index (χ3v) is 6.22. The largest absolute Gasteiger partial charge is 0.284 e. The van der Waals surface area contributed by atoms with Crippen molar-refractivity contribution in [3.05, 3.63) is 87.8 Å². The topological polar surface area (TPSA) is 110 Å². The highest BCUT2D eigenvalue weighted by atomic mass is 32.2. The number of benzene rings is 2. The monoisotopic (exact) mass is 429 g/mol. The van der Waals surface area contributed by atoms with E-state index in [4.69, 9.17) is 0 Å². The van der Waals surface area contributed by atoms with Crippen LogP contribution in [0.4, 0.5) is 5.69 Å². The van der Waals surface area contributed by atoms with Gasteiger partial charge in [-0.1, -0.05) is 36.4 Å². The summed E-state index contributed by atoms with van der Waals surface area (Å²) in [6.45, 7) is 3.66. The van der Waals surface area contributed by atoms with Crippen molar-refractivity contribution in [2.45, 2.75) is 4.90 Å². The number of amides is 1. The van der Waals surface area contributed by atoms with Crippen molar-refractivity contribution in [2.75, 3.05) is 6.54 Å². The van der Waals surface area contributed by atoms with Gasteiger partial charge >= 0.3 is 0 Å². The van der Waals surface area contributed by atoms with Crippen LogP contribution < -0.4 is 0 Å². The summed E-state index contributed by atoms with van der Waals surface area (Å²) in [7, 11) is -4.01. The summed E-state index contributed by atoms with van der Waals surface area (Å²) < 4.78 is 29.0. The second-order valence-electron chi connectivity index (χ2n) is 5.83. The normalized spacial score (nSPS) is 17.1. The summed E-state index contributed by atoms with van der Waals surface area (Å²) in [5, 5.41) is 10.9. The number of carbonyl (C=O) groups is 1. The molecule has 0 unspecified atom stereocenters. The standard InChI is InChI=1S/C19H15N3O5S2/c1-2-11-21-18(23)17(13-14-7-6-8-15(12-14)22(24)25)28-19(21)20-29(26,27)16-9-4-3-5-10-16/h2-10,12-13H,1,11H2/b17-13-,20-19+. The molecule has 0 aliphatic carbocycles. The Labute approximate surface area is 171 Å². The van der Waals surface area contributed by atoms with E-state index in [9.17, 15) is 23.3 Å². The number of thioether (sulfide) groups is 1. The molecule has 10 heteroatoms. The maximum atomic E-state index is 12.7. The number of hydrogen-bond donors (Lipinski definition) is 0. The van der Waals surface area contributed by atoms with E-state index in [-0.39, 0.29) is 27.2 Å². The molecule has 0 bridgehead atoms. The number of sulfonamides is 1. The number of carbonyl (C=O) groups excluding carboxylic acids is 1. The predicted octanol–water partition coefficient (Wildman–Crippen LogP) is 3.44. The summed E-state index contributed by atoms with van der Waals surface area (Å²) in [4.78, 5) is 24.5. The number of nitrogens with zero attached hydrogens (tertiary/aromatic N) is 3. The molecule has 1 fully saturated rings. The van der Waals surface area contributed by atoms with Crippen molar-refractivity contribution in [1.82, 2.24) is 4.90 Å². The number of nitro benzene ring substituents is 1. The van der Waals surface area contributed by atoms with Crippen LogP contribution in [0.5, 0.6) is 0 Å². The second-order valence-corrected chi connectivity index (χ2v) is 8.44. The van der Waals surface area contributed by atoms with E-state index in [2.05, 4.69) is 11.0 Å². The number of nitro groups is 1. The van der Waals surface area contributed by atoms with Crippen LogP contribution in [0.15, 0.2) is 81.5 Å². The van der Waals surface area contributed by atoms with Gasteiger partial charge in [0.05, 0.1) is 14.7 Å². The lowest BCUT2D eigenvalue weighted by atomic mass is 10.2. The Morgan fingerprint density at radius 2 is 1.90 bits per heavy atom. The van der Waals surface area contributed by atoms with Crippen LogP contribution in [0.2, 0.25) is 0 Å². The molecule has 1 amide bonds. The predicted molar refractivity (Wildman–Crippen MR) is 112 cm³/mol. The van der Waals surface area contributed by atoms with E-state index in [1.165, 1.54) is 47.4 Å². The molecule has 1 aliphatic heterocycles. The molecule has 0 radical (unpaired) electrons. The maximum Gasteiger partial charge on any atom is 0.284 e. The Morgan fingerprint density at radius 1 is 1.17 bits per heavy atom. The number of amidine groups is 1. The van der Waals surface area contributed by atoms with Crippen molar-refractivity contribution in [3.63, 3.8) is 0 Å². The second kappa shape index (κ2) is 8.41. The molecular weight excluding hydrogens is 414 g/mol. The smallest absolute Gasteiger partial charge is 0.282 e. The third kappa shape index (κ3) is 4.61. The minimum atomic E-state index is -4.01. The molecule has 3 rings (SSSR count). The molecule has 2 aromatic carbocycles. The van der Waals surface area contributed by atoms with Gasteiger partial charge in [-0.3, -0.25) is 19.8 Å². The van der Waals surface area contributed by atoms with Crippen LogP contribution in [0, 0.1) is 10.1 Å². The molecular formula is C19H15N3O5S2. The van der Waals surface area contributed by atoms with Gasteiger partial charge in [-0.25, -0.2) is 0 Å². The van der Waals surface area contributed by atoms with Crippen LogP contribution >= 0.6 is 11.8 Å². The first kappa shape index (κ1) is 20.5. The molecule has 1 aliphatic rings. The van der Waals surface area contributed by atoms with E-state index >= 15 is 0 Å². The molecule has 0 aromatic heterocycles. The molecule has 0 spiro atoms. The molecule has 0 atom stereocenters. The van der Waals surface area contributed by atoms with Crippen LogP contribution in [0.1, 0.15) is 5.56 Å². The molecule has 148 valence electrons. The Bertz CT molecular complexity index is 1140. The fourth-order valence-corrected chi connectivity index (χ4v) is 4.70. The van der Waals surface area contributed by atoms with Crippen molar-refractivity contribution in [3.8, 4) is 0 Å². The highest BCUT2D eigenvalue weighted by Gasteiger charge is 2.34. The van der Waals surface area contributed by atoms with Gasteiger partial charge < -0.3 is 0 Å². The summed E-state index contributed by atoms with van der Waals surface area (Å²) in [6, 6.07) is 13.5. The Morgan fingerprint density at radius 3 is 2.55 bits per heavy atom. The molecule has 1 heterocycles. The Hall–Kier alpha value is -3.24. The van der Waals surface area contributed by atoms with E-state index in [0.29, 0.717) is 5.56 Å². The quantitative estimate of drug-likeness (QED) is 0.301. The Balaban J connectivity index is 2.00. The Kier molecular flexibility index (Phi) is 5.95. The van der Waals surface area contributed by atoms with Gasteiger partial charge in [-0.2, -0.15) is 8.42 Å². The summed E-state index contributed by atoms with van der Waals surface area (Å²) in [5.74, 6) is -0.455. The molecule has 0 N–H and O–H groups in total. The zero-order chi connectivity index (χ0) is 21.0. The van der Waals surface area contributed by atoms with Crippen molar-refractivity contribution < 1.29 is 18.1 Å². The molecule has 8 nitrogen and oxygen atoms in total. The van der Waals surface area contributed by atoms with Gasteiger partial charge in [0.1, 0.15) is 0 Å². The van der Waals surface area contributed by atoms with E-state index < -0.39 is 20.9 Å². The molecule has 1 saturated heterocycles. The van der Waals surface area contributed by atoms with Crippen LogP contribution in [-0.4, -0.2) is 35.9 Å². The van der Waals surface area contributed by atoms with E-state index in [0.717, 1.165) is 11.8 Å². The first-order valence-corrected chi connectivity index (χ1v) is 10.5. The van der Waals surface area contributed by atoms with E-state index in [1.54, 1.807) is 24.3 Å². The average molecular weight is 429 g/mol. The van der Waals surface area contributed by atoms with Gasteiger partial charge in [0.2, 0.25) is 0 Å². The number of non-ortho nitro benzene ring substituents is 1. The van der Waals surface area contributed by atoms with Gasteiger partial charge in [0, 0.05) is 18.7 Å². The summed E-state index contributed by atoms with van der Waals surface area (Å²) in [6.07, 6.45) is 2.92. The molecule has 2 aromatic rings. The zero-order valence-electron chi connectivity index (χ0n) is 15.0. The lowest BCUT2D eigenvalue weighted by molar-refractivity contribution is -0.384.